The number of thiazole rings is 1. The second-order valence-corrected chi connectivity index (χ2v) is 24.8. The quantitative estimate of drug-likeness (QED) is 0.0591. The second-order valence-electron chi connectivity index (χ2n) is 24.0. The Morgan fingerprint density at radius 2 is 1.61 bits per heavy atom. The average Bonchev–Trinajstić information content (AvgIpc) is 4.12. The van der Waals surface area contributed by atoms with Gasteiger partial charge in [0, 0.05) is 95.4 Å². The Bertz CT molecular complexity index is 3230. The van der Waals surface area contributed by atoms with Gasteiger partial charge in [-0.15, -0.1) is 17.9 Å². The van der Waals surface area contributed by atoms with E-state index in [1.165, 1.54) is 28.6 Å². The van der Waals surface area contributed by atoms with Crippen molar-refractivity contribution in [1.82, 2.24) is 54.6 Å². The molecule has 3 atom stereocenters. The molecule has 3 amide bonds. The molecule has 0 radical (unpaired) electrons. The maximum absolute atomic E-state index is 14.2. The van der Waals surface area contributed by atoms with Gasteiger partial charge in [-0.2, -0.15) is 4.98 Å². The van der Waals surface area contributed by atoms with Crippen molar-refractivity contribution in [2.75, 3.05) is 62.6 Å². The molecule has 10 rings (SSSR count). The number of hydrogen-bond acceptors (Lipinski definition) is 15. The van der Waals surface area contributed by atoms with Crippen LogP contribution < -0.4 is 26.4 Å². The monoisotopic (exact) mass is 1110 g/mol. The van der Waals surface area contributed by atoms with Crippen molar-refractivity contribution in [3.05, 3.63) is 118 Å². The third-order valence-electron chi connectivity index (χ3n) is 16.4. The van der Waals surface area contributed by atoms with Crippen LogP contribution in [0, 0.1) is 24.2 Å². The van der Waals surface area contributed by atoms with E-state index in [4.69, 9.17) is 4.98 Å². The number of allylic oxidation sites excluding steroid dienone is 1. The lowest BCUT2D eigenvalue weighted by molar-refractivity contribution is -0.144. The Labute approximate surface area is 472 Å². The molecule has 6 aromatic rings. The lowest BCUT2D eigenvalue weighted by Gasteiger charge is -2.47. The number of aromatic nitrogens is 6. The number of aliphatic hydroxyl groups is 2. The zero-order valence-corrected chi connectivity index (χ0v) is 47.8. The van der Waals surface area contributed by atoms with Gasteiger partial charge in [-0.25, -0.2) is 24.3 Å². The van der Waals surface area contributed by atoms with Gasteiger partial charge in [0.15, 0.2) is 11.5 Å². The van der Waals surface area contributed by atoms with Gasteiger partial charge in [-0.1, -0.05) is 57.2 Å². The van der Waals surface area contributed by atoms with Crippen molar-refractivity contribution in [1.29, 1.82) is 0 Å². The number of carbonyl (C=O) groups is 3. The van der Waals surface area contributed by atoms with Crippen LogP contribution in [0.1, 0.15) is 90.1 Å². The van der Waals surface area contributed by atoms with Crippen LogP contribution in [-0.2, 0) is 33.1 Å². The summed E-state index contributed by atoms with van der Waals surface area (Å²) in [5, 5.41) is 31.1. The molecule has 4 aliphatic rings. The van der Waals surface area contributed by atoms with Crippen molar-refractivity contribution in [3.63, 3.8) is 0 Å². The van der Waals surface area contributed by atoms with Crippen LogP contribution in [0.3, 0.4) is 0 Å². The standard InChI is InChI=1S/C60H77N13O6S/c1-8-24-72-56(77)47-32-62-58(67-54(47)73(72)50-11-9-10-49(65-50)60(6,7)79)64-43-18-22-44(23-19-43)69-27-25-68(26-28-69)33-40-14-20-45(21-15-40)70-34-41(35-70)29-51(75)66-53(59(3,4)5)57(78)71-36-46(74)30-48(71)55(76)61-31-39-12-16-42(17-13-39)52-38(2)63-37-80-52/h8-13,16-19,22-23,32,37,40-41,45-46,48,53,74,79H,1,14-15,20-21,24-31,33-36H2,2-7H3,(H,61,76)(H,66,75)(H,62,64,67)/t40?,45?,46?,48?,53-/m1/s1. The zero-order valence-electron chi connectivity index (χ0n) is 47.0. The lowest BCUT2D eigenvalue weighted by atomic mass is 9.82. The molecule has 7 heterocycles. The van der Waals surface area contributed by atoms with Gasteiger partial charge in [0.2, 0.25) is 23.7 Å². The summed E-state index contributed by atoms with van der Waals surface area (Å²) in [6, 6.07) is 20.4. The summed E-state index contributed by atoms with van der Waals surface area (Å²) in [6.45, 7) is 22.2. The Morgan fingerprint density at radius 3 is 2.27 bits per heavy atom. The molecule has 0 bridgehead atoms. The van der Waals surface area contributed by atoms with E-state index in [-0.39, 0.29) is 55.3 Å². The van der Waals surface area contributed by atoms with Gasteiger partial charge >= 0.3 is 0 Å². The molecule has 4 fully saturated rings. The number of nitrogens with zero attached hydrogens (tertiary/aromatic N) is 10. The highest BCUT2D eigenvalue weighted by Crippen LogP contribution is 2.35. The van der Waals surface area contributed by atoms with E-state index >= 15 is 0 Å². The number of anilines is 3. The van der Waals surface area contributed by atoms with Crippen molar-refractivity contribution in [3.8, 4) is 16.3 Å². The van der Waals surface area contributed by atoms with Crippen molar-refractivity contribution in [2.45, 2.75) is 123 Å². The molecule has 0 spiro atoms. The summed E-state index contributed by atoms with van der Waals surface area (Å²) < 4.78 is 3.16. The highest BCUT2D eigenvalue weighted by atomic mass is 32.1. The van der Waals surface area contributed by atoms with Crippen LogP contribution in [0.2, 0.25) is 0 Å². The number of rotatable bonds is 18. The van der Waals surface area contributed by atoms with E-state index in [1.54, 1.807) is 54.1 Å². The first kappa shape index (κ1) is 56.4. The van der Waals surface area contributed by atoms with E-state index in [1.807, 2.05) is 69.6 Å². The van der Waals surface area contributed by atoms with E-state index in [0.29, 0.717) is 46.9 Å². The Kier molecular flexibility index (Phi) is 16.7. The second kappa shape index (κ2) is 23.7. The van der Waals surface area contributed by atoms with E-state index < -0.39 is 29.2 Å². The number of piperazine rings is 1. The molecule has 424 valence electrons. The highest BCUT2D eigenvalue weighted by Gasteiger charge is 2.45. The van der Waals surface area contributed by atoms with Crippen LogP contribution >= 0.6 is 11.3 Å². The number of aryl methyl sites for hydroxylation is 1. The third-order valence-corrected chi connectivity index (χ3v) is 17.4. The van der Waals surface area contributed by atoms with E-state index in [9.17, 15) is 29.4 Å². The summed E-state index contributed by atoms with van der Waals surface area (Å²) >= 11 is 1.59. The number of fused-ring (bicyclic) bond motifs is 1. The molecule has 19 nitrogen and oxygen atoms in total. The number of amides is 3. The largest absolute Gasteiger partial charge is 0.391 e. The number of likely N-dealkylation sites (tertiary alicyclic amines) is 2. The molecule has 3 aliphatic heterocycles. The topological polar surface area (TPSA) is 219 Å². The first-order chi connectivity index (χ1) is 38.3. The minimum atomic E-state index is -1.18. The smallest absolute Gasteiger partial charge is 0.278 e. The van der Waals surface area contributed by atoms with Crippen molar-refractivity contribution >= 4 is 57.4 Å². The summed E-state index contributed by atoms with van der Waals surface area (Å²) in [5.74, 6) is 0.849. The Morgan fingerprint density at radius 1 is 0.887 bits per heavy atom. The predicted octanol–water partition coefficient (Wildman–Crippen LogP) is 6.38. The first-order valence-electron chi connectivity index (χ1n) is 28.2. The highest BCUT2D eigenvalue weighted by molar-refractivity contribution is 7.13. The molecular weight excluding hydrogens is 1030 g/mol. The van der Waals surface area contributed by atoms with E-state index in [2.05, 4.69) is 64.3 Å². The number of benzene rings is 2. The SMILES string of the molecule is C=CCn1c(=O)c2cnc(Nc3ccc(N4CCN(CC5CCC(N6CC(CC(=O)N[C@H](C(=O)N7CC(O)CC7C(=O)NCc7ccc(-c8scnc8C)cc7)C(C)(C)C)C6)CC5)CC4)cc3)nc2n1-c1cccc(C(C)(C)O)n1. The Balaban J connectivity index is 0.646. The first-order valence-corrected chi connectivity index (χ1v) is 29.1. The number of aliphatic hydroxyl groups excluding tert-OH is 1. The zero-order chi connectivity index (χ0) is 56.5. The van der Waals surface area contributed by atoms with Gasteiger partial charge in [-0.05, 0) is 111 Å². The average molecular weight is 1110 g/mol. The maximum Gasteiger partial charge on any atom is 0.278 e. The normalized spacial score (nSPS) is 20.9. The molecule has 4 aromatic heterocycles. The molecule has 2 unspecified atom stereocenters. The summed E-state index contributed by atoms with van der Waals surface area (Å²) in [6.07, 6.45) is 7.54. The predicted molar refractivity (Wildman–Crippen MR) is 312 cm³/mol. The lowest BCUT2D eigenvalue weighted by Crippen LogP contribution is -2.59. The van der Waals surface area contributed by atoms with Gasteiger partial charge in [0.05, 0.1) is 34.4 Å². The minimum Gasteiger partial charge on any atom is -0.391 e. The number of nitrogens with one attached hydrogen (secondary N) is 3. The minimum absolute atomic E-state index is 0.0376. The van der Waals surface area contributed by atoms with Crippen LogP contribution in [0.4, 0.5) is 17.3 Å². The third kappa shape index (κ3) is 12.7. The van der Waals surface area contributed by atoms with Crippen LogP contribution in [0.25, 0.3) is 27.3 Å². The van der Waals surface area contributed by atoms with Crippen LogP contribution in [0.15, 0.2) is 95.9 Å². The molecule has 3 saturated heterocycles. The number of hydrogen-bond donors (Lipinski definition) is 5. The molecule has 1 saturated carbocycles. The van der Waals surface area contributed by atoms with Crippen LogP contribution in [-0.4, -0.2) is 149 Å². The molecule has 2 aromatic carbocycles. The number of carbonyl (C=O) groups excluding carboxylic acids is 3. The Hall–Kier alpha value is -6.84. The molecule has 20 heteroatoms. The van der Waals surface area contributed by atoms with E-state index in [0.717, 1.165) is 91.7 Å². The van der Waals surface area contributed by atoms with Crippen LogP contribution in [0.5, 0.6) is 0 Å². The summed E-state index contributed by atoms with van der Waals surface area (Å²) in [5.41, 5.74) is 5.56. The summed E-state index contributed by atoms with van der Waals surface area (Å²) in [4.78, 5) is 83.4. The van der Waals surface area contributed by atoms with Gasteiger partial charge in [-0.3, -0.25) is 29.0 Å². The fraction of sp³-hybridized carbons (Fsp3) is 0.500. The fourth-order valence-electron chi connectivity index (χ4n) is 11.9. The molecule has 1 aliphatic carbocycles. The molecule has 80 heavy (non-hydrogen) atoms. The number of pyridine rings is 1. The van der Waals surface area contributed by atoms with Gasteiger partial charge < -0.3 is 36.0 Å². The number of β-amino-alcohol motifs (C(OH)–C–C–N with tert-alkyl or cyclic N) is 1. The molecule has 5 N–H and O–H groups in total. The maximum atomic E-state index is 14.2. The van der Waals surface area contributed by atoms with Gasteiger partial charge in [0.25, 0.3) is 5.56 Å². The van der Waals surface area contributed by atoms with Gasteiger partial charge in [0.1, 0.15) is 23.1 Å². The van der Waals surface area contributed by atoms with Crippen molar-refractivity contribution < 1.29 is 24.6 Å². The summed E-state index contributed by atoms with van der Waals surface area (Å²) in [7, 11) is 0. The van der Waals surface area contributed by atoms with Crippen molar-refractivity contribution in [2.24, 2.45) is 17.3 Å². The fourth-order valence-corrected chi connectivity index (χ4v) is 12.7. The molecular formula is C60H77N13O6S.